The summed E-state index contributed by atoms with van der Waals surface area (Å²) in [6, 6.07) is 18.1. The van der Waals surface area contributed by atoms with E-state index in [-0.39, 0.29) is 7.47 Å². The molecule has 0 radical (unpaired) electrons. The number of nitrogens with two attached hydrogens (primary N) is 1. The van der Waals surface area contributed by atoms with Crippen LogP contribution in [0.25, 0.3) is 0 Å². The van der Waals surface area contributed by atoms with E-state index in [0.29, 0.717) is 19.4 Å². The summed E-state index contributed by atoms with van der Waals surface area (Å²) < 4.78 is 5.66. The topological polar surface area (TPSA) is 102 Å². The summed E-state index contributed by atoms with van der Waals surface area (Å²) >= 11 is 0. The van der Waals surface area contributed by atoms with E-state index in [1.807, 2.05) is 56.3 Å². The minimum absolute atomic E-state index is 0. The van der Waals surface area contributed by atoms with Crippen molar-refractivity contribution in [3.63, 3.8) is 0 Å². The lowest BCUT2D eigenvalue weighted by molar-refractivity contribution is -0.277. The predicted molar refractivity (Wildman–Crippen MR) is 102 cm³/mol. The van der Waals surface area contributed by atoms with E-state index < -0.39 is 12.1 Å². The number of hydrogen-bond donors (Lipinski definition) is 3. The maximum Gasteiger partial charge on any atom is 0.336 e. The molecule has 0 saturated heterocycles. The van der Waals surface area contributed by atoms with Crippen LogP contribution in [-0.4, -0.2) is 22.4 Å². The Morgan fingerprint density at radius 1 is 1.15 bits per heavy atom. The van der Waals surface area contributed by atoms with Crippen molar-refractivity contribution in [3.8, 4) is 5.75 Å². The normalized spacial score (nSPS) is 12.5. The number of ether oxygens (including phenoxy) is 1. The van der Waals surface area contributed by atoms with Gasteiger partial charge in [-0.2, -0.15) is 0 Å². The lowest BCUT2D eigenvalue weighted by atomic mass is 10.1. The SMILES string of the molecule is CCC[C@@H](OO)C(=O)O.C[C@H](N)c1ccc(COc2ccccc2)cc1.[HH]. The van der Waals surface area contributed by atoms with E-state index >= 15 is 0 Å². The van der Waals surface area contributed by atoms with Crippen molar-refractivity contribution < 1.29 is 26.2 Å². The van der Waals surface area contributed by atoms with Crippen LogP contribution in [0.15, 0.2) is 54.6 Å². The van der Waals surface area contributed by atoms with Gasteiger partial charge in [0, 0.05) is 7.47 Å². The summed E-state index contributed by atoms with van der Waals surface area (Å²) in [5.74, 6) is -0.233. The second-order valence-corrected chi connectivity index (χ2v) is 5.85. The van der Waals surface area contributed by atoms with Crippen molar-refractivity contribution in [3.05, 3.63) is 65.7 Å². The Kier molecular flexibility index (Phi) is 10.0. The first kappa shape index (κ1) is 21.6. The Morgan fingerprint density at radius 2 is 1.77 bits per heavy atom. The molecule has 2 aromatic rings. The van der Waals surface area contributed by atoms with Crippen LogP contribution in [0, 0.1) is 0 Å². The molecule has 0 heterocycles. The molecule has 0 aliphatic carbocycles. The molecule has 0 bridgehead atoms. The summed E-state index contributed by atoms with van der Waals surface area (Å²) in [6.45, 7) is 4.38. The standard InChI is InChI=1S/C15H17NO.C5H10O4.H2/c1-12(16)14-9-7-13(8-10-14)11-17-15-5-3-2-4-6-15;1-2-3-4(9-8)5(6)7;/h2-10,12H,11,16H2,1H3;4,8H,2-3H2,1H3,(H,6,7);1H/t12-;4-;/m01./s1. The first-order valence-electron chi connectivity index (χ1n) is 8.53. The van der Waals surface area contributed by atoms with Gasteiger partial charge in [0.05, 0.1) is 0 Å². The third kappa shape index (κ3) is 8.11. The fourth-order valence-corrected chi connectivity index (χ4v) is 2.08. The van der Waals surface area contributed by atoms with Gasteiger partial charge in [0.15, 0.2) is 6.10 Å². The number of carboxylic acids is 1. The molecule has 144 valence electrons. The van der Waals surface area contributed by atoms with Gasteiger partial charge in [-0.3, -0.25) is 5.26 Å². The van der Waals surface area contributed by atoms with Crippen molar-refractivity contribution in [2.24, 2.45) is 5.73 Å². The molecule has 6 heteroatoms. The molecule has 0 unspecified atom stereocenters. The molecule has 26 heavy (non-hydrogen) atoms. The van der Waals surface area contributed by atoms with Crippen LogP contribution in [0.1, 0.15) is 45.3 Å². The van der Waals surface area contributed by atoms with Crippen molar-refractivity contribution >= 4 is 5.97 Å². The second-order valence-electron chi connectivity index (χ2n) is 5.85. The molecule has 0 spiro atoms. The van der Waals surface area contributed by atoms with Crippen molar-refractivity contribution in [1.82, 2.24) is 0 Å². The Balaban J connectivity index is 0.000000584. The summed E-state index contributed by atoms with van der Waals surface area (Å²) in [5.41, 5.74) is 8.10. The average Bonchev–Trinajstić information content (AvgIpc) is 2.66. The predicted octanol–water partition coefficient (Wildman–Crippen LogP) is 4.26. The quantitative estimate of drug-likeness (QED) is 0.478. The molecule has 2 aromatic carbocycles. The number of carbonyl (C=O) groups is 1. The maximum absolute atomic E-state index is 10.0. The lowest BCUT2D eigenvalue weighted by Crippen LogP contribution is -2.21. The van der Waals surface area contributed by atoms with Gasteiger partial charge >= 0.3 is 5.97 Å². The number of para-hydroxylation sites is 1. The number of hydrogen-bond acceptors (Lipinski definition) is 5. The van der Waals surface area contributed by atoms with Crippen molar-refractivity contribution in [2.75, 3.05) is 0 Å². The summed E-state index contributed by atoms with van der Waals surface area (Å²) in [5, 5.41) is 16.2. The molecule has 0 fully saturated rings. The zero-order valence-electron chi connectivity index (χ0n) is 15.2. The van der Waals surface area contributed by atoms with E-state index in [0.717, 1.165) is 16.9 Å². The summed E-state index contributed by atoms with van der Waals surface area (Å²) in [6.07, 6.45) is -0.0430. The van der Waals surface area contributed by atoms with Crippen LogP contribution in [0.2, 0.25) is 0 Å². The van der Waals surface area contributed by atoms with E-state index in [1.54, 1.807) is 0 Å². The molecule has 0 aliphatic heterocycles. The Bertz CT molecular complexity index is 635. The molecule has 0 aliphatic rings. The van der Waals surface area contributed by atoms with Crippen LogP contribution in [0.3, 0.4) is 0 Å². The summed E-state index contributed by atoms with van der Waals surface area (Å²) in [4.78, 5) is 13.7. The van der Waals surface area contributed by atoms with Crippen LogP contribution < -0.4 is 10.5 Å². The molecule has 4 N–H and O–H groups in total. The first-order valence-corrected chi connectivity index (χ1v) is 8.53. The van der Waals surface area contributed by atoms with Gasteiger partial charge in [0.2, 0.25) is 0 Å². The van der Waals surface area contributed by atoms with Gasteiger partial charge in [0.25, 0.3) is 0 Å². The van der Waals surface area contributed by atoms with E-state index in [9.17, 15) is 4.79 Å². The van der Waals surface area contributed by atoms with E-state index in [2.05, 4.69) is 17.0 Å². The van der Waals surface area contributed by atoms with Gasteiger partial charge < -0.3 is 15.6 Å². The molecular weight excluding hydrogens is 334 g/mol. The van der Waals surface area contributed by atoms with Crippen LogP contribution >= 0.6 is 0 Å². The summed E-state index contributed by atoms with van der Waals surface area (Å²) in [7, 11) is 0. The maximum atomic E-state index is 10.0. The fourth-order valence-electron chi connectivity index (χ4n) is 2.08. The van der Waals surface area contributed by atoms with E-state index in [4.69, 9.17) is 20.8 Å². The van der Waals surface area contributed by atoms with Crippen LogP contribution in [0.5, 0.6) is 5.75 Å². The number of benzene rings is 2. The molecule has 0 aromatic heterocycles. The molecule has 0 amide bonds. The highest BCUT2D eigenvalue weighted by Crippen LogP contribution is 2.14. The zero-order chi connectivity index (χ0) is 19.4. The smallest absolute Gasteiger partial charge is 0.336 e. The average molecular weight is 363 g/mol. The van der Waals surface area contributed by atoms with Gasteiger partial charge in [-0.25, -0.2) is 9.68 Å². The van der Waals surface area contributed by atoms with E-state index in [1.165, 1.54) is 0 Å². The highest BCUT2D eigenvalue weighted by Gasteiger charge is 2.15. The minimum Gasteiger partial charge on any atom is -0.489 e. The zero-order valence-corrected chi connectivity index (χ0v) is 15.2. The number of aliphatic carboxylic acids is 1. The Morgan fingerprint density at radius 3 is 2.19 bits per heavy atom. The third-order valence-electron chi connectivity index (χ3n) is 3.61. The molecule has 2 rings (SSSR count). The highest BCUT2D eigenvalue weighted by molar-refractivity contribution is 5.72. The monoisotopic (exact) mass is 363 g/mol. The van der Waals surface area contributed by atoms with Crippen LogP contribution in [-0.2, 0) is 16.3 Å². The number of rotatable bonds is 8. The molecule has 6 nitrogen and oxygen atoms in total. The second kappa shape index (κ2) is 12.0. The third-order valence-corrected chi connectivity index (χ3v) is 3.61. The van der Waals surface area contributed by atoms with Crippen LogP contribution in [0.4, 0.5) is 0 Å². The molecule has 0 saturated carbocycles. The number of carboxylic acid groups (broad SMARTS) is 1. The van der Waals surface area contributed by atoms with Gasteiger partial charge in [0.1, 0.15) is 12.4 Å². The highest BCUT2D eigenvalue weighted by atomic mass is 17.1. The largest absolute Gasteiger partial charge is 0.489 e. The first-order chi connectivity index (χ1) is 12.5. The minimum atomic E-state index is -1.13. The van der Waals surface area contributed by atoms with Gasteiger partial charge in [-0.05, 0) is 36.6 Å². The molecule has 2 atom stereocenters. The van der Waals surface area contributed by atoms with Gasteiger partial charge in [-0.15, -0.1) is 0 Å². The fraction of sp³-hybridized carbons (Fsp3) is 0.350. The van der Waals surface area contributed by atoms with Crippen molar-refractivity contribution in [1.29, 1.82) is 0 Å². The Hall–Kier alpha value is -2.41. The molecular formula is C20H29NO5. The lowest BCUT2D eigenvalue weighted by Gasteiger charge is -2.08. The Labute approximate surface area is 155 Å². The van der Waals surface area contributed by atoms with Gasteiger partial charge in [-0.1, -0.05) is 55.8 Å². The van der Waals surface area contributed by atoms with Crippen molar-refractivity contribution in [2.45, 2.75) is 45.4 Å².